The van der Waals surface area contributed by atoms with Gasteiger partial charge >= 0.3 is 6.09 Å². The quantitative estimate of drug-likeness (QED) is 0.766. The minimum Gasteiger partial charge on any atom is -0.450 e. The van der Waals surface area contributed by atoms with Gasteiger partial charge < -0.3 is 24.6 Å². The molecule has 144 valence electrons. The highest BCUT2D eigenvalue weighted by Crippen LogP contribution is 2.19. The van der Waals surface area contributed by atoms with Crippen molar-refractivity contribution in [3.63, 3.8) is 0 Å². The predicted octanol–water partition coefficient (Wildman–Crippen LogP) is 3.26. The van der Waals surface area contributed by atoms with E-state index in [2.05, 4.69) is 29.3 Å². The first kappa shape index (κ1) is 20.5. The molecule has 0 atom stereocenters. The third kappa shape index (κ3) is 5.85. The van der Waals surface area contributed by atoms with Crippen LogP contribution in [0.1, 0.15) is 25.3 Å². The van der Waals surface area contributed by atoms with E-state index < -0.39 is 0 Å². The molecule has 0 saturated carbocycles. The van der Waals surface area contributed by atoms with Gasteiger partial charge in [-0.2, -0.15) is 0 Å². The average molecular weight is 380 g/mol. The Morgan fingerprint density at radius 1 is 1.38 bits per heavy atom. The number of amides is 1. The van der Waals surface area contributed by atoms with E-state index in [-0.39, 0.29) is 12.1 Å². The van der Waals surface area contributed by atoms with Crippen molar-refractivity contribution < 1.29 is 14.3 Å². The number of rotatable bonds is 6. The van der Waals surface area contributed by atoms with Crippen molar-refractivity contribution in [2.45, 2.75) is 32.7 Å². The first-order chi connectivity index (χ1) is 12.5. The van der Waals surface area contributed by atoms with Crippen LogP contribution in [0.25, 0.3) is 0 Å². The Labute approximate surface area is 161 Å². The highest BCUT2D eigenvalue weighted by atomic mass is 32.1. The Kier molecular flexibility index (Phi) is 8.12. The predicted molar refractivity (Wildman–Crippen MR) is 108 cm³/mol. The zero-order valence-electron chi connectivity index (χ0n) is 15.9. The zero-order valence-corrected chi connectivity index (χ0v) is 16.7. The van der Waals surface area contributed by atoms with Crippen LogP contribution in [0.4, 0.5) is 10.5 Å². The minimum absolute atomic E-state index is 0.227. The standard InChI is InChI=1S/C19H29N3O3S/c1-4-25-19(23)21-10-8-17(9-11-21)22(12-13-24-3)18(26)20-16-7-5-6-15(2)14-16/h5-7,14,17H,4,8-13H2,1-3H3,(H,20,26). The fourth-order valence-electron chi connectivity index (χ4n) is 3.13. The molecular formula is C19H29N3O3S. The van der Waals surface area contributed by atoms with E-state index in [0.29, 0.717) is 31.4 Å². The molecule has 1 N–H and O–H groups in total. The molecule has 1 aliphatic rings. The molecule has 0 aliphatic carbocycles. The van der Waals surface area contributed by atoms with Gasteiger partial charge in [-0.1, -0.05) is 12.1 Å². The fourth-order valence-corrected chi connectivity index (χ4v) is 3.49. The van der Waals surface area contributed by atoms with Crippen molar-refractivity contribution in [3.8, 4) is 0 Å². The Hall–Kier alpha value is -1.86. The second-order valence-electron chi connectivity index (χ2n) is 6.40. The smallest absolute Gasteiger partial charge is 0.409 e. The van der Waals surface area contributed by atoms with E-state index >= 15 is 0 Å². The van der Waals surface area contributed by atoms with E-state index in [1.807, 2.05) is 19.1 Å². The van der Waals surface area contributed by atoms with Crippen molar-refractivity contribution in [2.24, 2.45) is 0 Å². The maximum Gasteiger partial charge on any atom is 0.409 e. The number of methoxy groups -OCH3 is 1. The van der Waals surface area contributed by atoms with Gasteiger partial charge in [0.25, 0.3) is 0 Å². The molecule has 7 heteroatoms. The van der Waals surface area contributed by atoms with Gasteiger partial charge in [0.2, 0.25) is 0 Å². The minimum atomic E-state index is -0.227. The van der Waals surface area contributed by atoms with Gasteiger partial charge in [0, 0.05) is 38.5 Å². The van der Waals surface area contributed by atoms with Crippen molar-refractivity contribution in [1.29, 1.82) is 0 Å². The summed E-state index contributed by atoms with van der Waals surface area (Å²) < 4.78 is 10.4. The number of carbonyl (C=O) groups excluding carboxylic acids is 1. The third-order valence-corrected chi connectivity index (χ3v) is 4.83. The van der Waals surface area contributed by atoms with Gasteiger partial charge in [0.1, 0.15) is 0 Å². The Bertz CT molecular complexity index is 603. The third-order valence-electron chi connectivity index (χ3n) is 4.50. The van der Waals surface area contributed by atoms with Crippen LogP contribution in [0.15, 0.2) is 24.3 Å². The highest BCUT2D eigenvalue weighted by molar-refractivity contribution is 7.80. The number of anilines is 1. The summed E-state index contributed by atoms with van der Waals surface area (Å²) in [5.41, 5.74) is 2.17. The molecule has 0 unspecified atom stereocenters. The van der Waals surface area contributed by atoms with Crippen LogP contribution in [-0.2, 0) is 9.47 Å². The van der Waals surface area contributed by atoms with Gasteiger partial charge in [-0.3, -0.25) is 0 Å². The molecule has 0 aromatic heterocycles. The fraction of sp³-hybridized carbons (Fsp3) is 0.579. The van der Waals surface area contributed by atoms with Crippen LogP contribution < -0.4 is 5.32 Å². The van der Waals surface area contributed by atoms with Gasteiger partial charge in [0.05, 0.1) is 13.2 Å². The summed E-state index contributed by atoms with van der Waals surface area (Å²) in [7, 11) is 1.69. The monoisotopic (exact) mass is 379 g/mol. The van der Waals surface area contributed by atoms with Crippen molar-refractivity contribution in [2.75, 3.05) is 45.3 Å². The van der Waals surface area contributed by atoms with Crippen LogP contribution in [0.2, 0.25) is 0 Å². The number of ether oxygens (including phenoxy) is 2. The van der Waals surface area contributed by atoms with Crippen LogP contribution in [0.3, 0.4) is 0 Å². The lowest BCUT2D eigenvalue weighted by Gasteiger charge is -2.39. The number of piperidine rings is 1. The SMILES string of the molecule is CCOC(=O)N1CCC(N(CCOC)C(=S)Nc2cccc(C)c2)CC1. The number of benzene rings is 1. The second kappa shape index (κ2) is 10.3. The number of nitrogens with zero attached hydrogens (tertiary/aromatic N) is 2. The van der Waals surface area contributed by atoms with Crippen molar-refractivity contribution in [3.05, 3.63) is 29.8 Å². The van der Waals surface area contributed by atoms with Crippen molar-refractivity contribution in [1.82, 2.24) is 9.80 Å². The van der Waals surface area contributed by atoms with Crippen LogP contribution in [0.5, 0.6) is 0 Å². The number of hydrogen-bond donors (Lipinski definition) is 1. The lowest BCUT2D eigenvalue weighted by molar-refractivity contribution is 0.0829. The number of hydrogen-bond acceptors (Lipinski definition) is 4. The number of thiocarbonyl (C=S) groups is 1. The van der Waals surface area contributed by atoms with E-state index in [4.69, 9.17) is 21.7 Å². The number of aryl methyl sites for hydroxylation is 1. The first-order valence-corrected chi connectivity index (χ1v) is 9.51. The summed E-state index contributed by atoms with van der Waals surface area (Å²) in [5.74, 6) is 0. The molecule has 2 rings (SSSR count). The topological polar surface area (TPSA) is 54.0 Å². The van der Waals surface area contributed by atoms with Crippen molar-refractivity contribution >= 4 is 29.1 Å². The largest absolute Gasteiger partial charge is 0.450 e. The normalized spacial score (nSPS) is 14.8. The lowest BCUT2D eigenvalue weighted by atomic mass is 10.0. The van der Waals surface area contributed by atoms with Gasteiger partial charge in [-0.15, -0.1) is 0 Å². The number of likely N-dealkylation sites (tertiary alicyclic amines) is 1. The number of nitrogens with one attached hydrogen (secondary N) is 1. The first-order valence-electron chi connectivity index (χ1n) is 9.10. The van der Waals surface area contributed by atoms with Gasteiger partial charge in [-0.25, -0.2) is 4.79 Å². The summed E-state index contributed by atoms with van der Waals surface area (Å²) in [6, 6.07) is 8.43. The summed E-state index contributed by atoms with van der Waals surface area (Å²) in [4.78, 5) is 15.8. The second-order valence-corrected chi connectivity index (χ2v) is 6.79. The highest BCUT2D eigenvalue weighted by Gasteiger charge is 2.28. The molecule has 1 amide bonds. The van der Waals surface area contributed by atoms with Crippen LogP contribution >= 0.6 is 12.2 Å². The molecule has 1 heterocycles. The Balaban J connectivity index is 1.98. The van der Waals surface area contributed by atoms with Crippen LogP contribution in [0, 0.1) is 6.92 Å². The maximum absolute atomic E-state index is 11.9. The zero-order chi connectivity index (χ0) is 18.9. The molecule has 1 aromatic rings. The number of carbonyl (C=O) groups is 1. The van der Waals surface area contributed by atoms with E-state index in [1.54, 1.807) is 12.0 Å². The maximum atomic E-state index is 11.9. The molecule has 1 aliphatic heterocycles. The molecule has 0 bridgehead atoms. The Morgan fingerprint density at radius 3 is 2.73 bits per heavy atom. The molecule has 0 spiro atoms. The van der Waals surface area contributed by atoms with E-state index in [1.165, 1.54) is 5.56 Å². The van der Waals surface area contributed by atoms with Crippen LogP contribution in [-0.4, -0.2) is 67.0 Å². The summed E-state index contributed by atoms with van der Waals surface area (Å²) in [5, 5.41) is 4.04. The Morgan fingerprint density at radius 2 is 2.12 bits per heavy atom. The molecule has 1 saturated heterocycles. The summed E-state index contributed by atoms with van der Waals surface area (Å²) in [6.07, 6.45) is 1.49. The molecule has 1 aromatic carbocycles. The molecular weight excluding hydrogens is 350 g/mol. The van der Waals surface area contributed by atoms with E-state index in [0.717, 1.165) is 25.1 Å². The average Bonchev–Trinajstić information content (AvgIpc) is 2.63. The lowest BCUT2D eigenvalue weighted by Crippen LogP contribution is -2.50. The van der Waals surface area contributed by atoms with Gasteiger partial charge in [-0.05, 0) is 56.6 Å². The molecule has 26 heavy (non-hydrogen) atoms. The molecule has 0 radical (unpaired) electrons. The van der Waals surface area contributed by atoms with E-state index in [9.17, 15) is 4.79 Å². The molecule has 1 fully saturated rings. The summed E-state index contributed by atoms with van der Waals surface area (Å²) >= 11 is 5.67. The molecule has 6 nitrogen and oxygen atoms in total. The van der Waals surface area contributed by atoms with Gasteiger partial charge in [0.15, 0.2) is 5.11 Å². The summed E-state index contributed by atoms with van der Waals surface area (Å²) in [6.45, 7) is 6.98.